The number of nitriles is 1. The molecule has 340 valence electrons. The molecule has 3 amide bonds. The Bertz CT molecular complexity index is 2070. The highest BCUT2D eigenvalue weighted by Crippen LogP contribution is 2.67. The maximum Gasteiger partial charge on any atom is 0.410 e. The van der Waals surface area contributed by atoms with E-state index in [0.29, 0.717) is 49.4 Å². The predicted molar refractivity (Wildman–Crippen MR) is 225 cm³/mol. The summed E-state index contributed by atoms with van der Waals surface area (Å²) in [7, 11) is -5.58. The molecule has 1 N–H and O–H groups in total. The summed E-state index contributed by atoms with van der Waals surface area (Å²) in [6.45, 7) is 7.76. The first-order valence-corrected chi connectivity index (χ1v) is 24.0. The summed E-state index contributed by atoms with van der Waals surface area (Å²) < 4.78 is 66.8. The van der Waals surface area contributed by atoms with Crippen LogP contribution >= 0.6 is 18.9 Å². The van der Waals surface area contributed by atoms with Crippen LogP contribution in [0, 0.1) is 39.9 Å². The quantitative estimate of drug-likeness (QED) is 0.123. The molecular formula is C44H59F2N4O10PS. The summed E-state index contributed by atoms with van der Waals surface area (Å²) in [6.07, 6.45) is 9.36. The van der Waals surface area contributed by atoms with E-state index in [2.05, 4.69) is 11.4 Å². The van der Waals surface area contributed by atoms with Gasteiger partial charge in [0.25, 0.3) is 5.91 Å². The number of fused-ring (bicyclic) bond motifs is 2. The molecule has 1 aromatic carbocycles. The molecule has 4 heterocycles. The summed E-state index contributed by atoms with van der Waals surface area (Å²) in [5.74, 6) is -2.39. The summed E-state index contributed by atoms with van der Waals surface area (Å²) in [6, 6.07) is 5.45. The fourth-order valence-electron chi connectivity index (χ4n) is 8.97. The van der Waals surface area contributed by atoms with Gasteiger partial charge in [0.2, 0.25) is 25.4 Å². The van der Waals surface area contributed by atoms with Crippen molar-refractivity contribution in [1.29, 1.82) is 5.26 Å². The molecule has 1 aromatic heterocycles. The second-order valence-corrected chi connectivity index (χ2v) is 22.3. The first-order valence-electron chi connectivity index (χ1n) is 21.6. The van der Waals surface area contributed by atoms with E-state index in [1.807, 2.05) is 0 Å². The van der Waals surface area contributed by atoms with E-state index < -0.39 is 73.2 Å². The minimum Gasteiger partial charge on any atom is -0.438 e. The second-order valence-electron chi connectivity index (χ2n) is 19.1. The minimum absolute atomic E-state index is 0.126. The number of esters is 2. The van der Waals surface area contributed by atoms with Crippen molar-refractivity contribution in [1.82, 2.24) is 15.1 Å². The van der Waals surface area contributed by atoms with E-state index in [4.69, 9.17) is 18.5 Å². The van der Waals surface area contributed by atoms with Crippen molar-refractivity contribution >= 4 is 58.7 Å². The number of ether oxygens (including phenoxy) is 2. The smallest absolute Gasteiger partial charge is 0.410 e. The maximum atomic E-state index is 16.3. The second kappa shape index (κ2) is 19.0. The molecule has 0 spiro atoms. The standard InChI is InChI=1S/C44H59F2N4O10PS/c1-42(2,3)40(54)57-25-59-61(56,60-26-58-41(55)43(4,5)6)44(45,46)30-16-19-35-28(20-30)21-36(62-35)37(51)48-33-15-11-10-14-31-17-18-34(50(31)38(33)52)39(53)49-23-29(22-47)32(24-49)27-12-8-7-9-13-27/h16,19-21,27,29,31-34H,7-15,17-18,23-26H2,1-6H3,(H,48,51)/t29-,31-,32+,33-,34-/m0/s1. The zero-order valence-corrected chi connectivity index (χ0v) is 38.1. The lowest BCUT2D eigenvalue weighted by Gasteiger charge is -2.36. The summed E-state index contributed by atoms with van der Waals surface area (Å²) >= 11 is 1.01. The third-order valence-electron chi connectivity index (χ3n) is 12.5. The Morgan fingerprint density at radius 3 is 2.08 bits per heavy atom. The van der Waals surface area contributed by atoms with Crippen LogP contribution in [-0.2, 0) is 47.9 Å². The van der Waals surface area contributed by atoms with E-state index >= 15 is 8.78 Å². The third-order valence-corrected chi connectivity index (χ3v) is 15.5. The molecule has 18 heteroatoms. The monoisotopic (exact) mass is 904 g/mol. The zero-order valence-electron chi connectivity index (χ0n) is 36.4. The largest absolute Gasteiger partial charge is 0.438 e. The first-order chi connectivity index (χ1) is 29.1. The molecule has 5 atom stereocenters. The van der Waals surface area contributed by atoms with Crippen LogP contribution in [0.3, 0.4) is 0 Å². The van der Waals surface area contributed by atoms with E-state index in [1.165, 1.54) is 60.1 Å². The van der Waals surface area contributed by atoms with Crippen molar-refractivity contribution in [3.8, 4) is 6.07 Å². The van der Waals surface area contributed by atoms with Gasteiger partial charge in [0.05, 0.1) is 27.7 Å². The van der Waals surface area contributed by atoms with Gasteiger partial charge < -0.3 is 24.6 Å². The van der Waals surface area contributed by atoms with Crippen LogP contribution in [0.2, 0.25) is 0 Å². The molecule has 0 bridgehead atoms. The average Bonchev–Trinajstić information content (AvgIpc) is 3.97. The molecule has 1 saturated carbocycles. The number of carbonyl (C=O) groups excluding carboxylic acids is 5. The Morgan fingerprint density at radius 2 is 1.47 bits per heavy atom. The highest BCUT2D eigenvalue weighted by molar-refractivity contribution is 7.54. The molecule has 2 aromatic rings. The number of nitrogens with one attached hydrogen (secondary N) is 1. The number of benzene rings is 1. The van der Waals surface area contributed by atoms with Crippen LogP contribution < -0.4 is 5.32 Å². The van der Waals surface area contributed by atoms with Crippen LogP contribution in [0.4, 0.5) is 8.78 Å². The lowest BCUT2D eigenvalue weighted by atomic mass is 9.76. The zero-order chi connectivity index (χ0) is 45.2. The SMILES string of the molecule is CC(C)(C)C(=O)OCOP(=O)(OCOC(=O)C(C)(C)C)C(F)(F)c1ccc2sc(C(=O)N[C@H]3CCCC[C@H]4CC[C@@H](C(=O)N5C[C@H](C6CCCCC6)[C@@H](C#N)C5)N4C3=O)cc2c1. The Balaban J connectivity index is 1.17. The van der Waals surface area contributed by atoms with Crippen LogP contribution in [-0.4, -0.2) is 84.3 Å². The van der Waals surface area contributed by atoms with E-state index in [0.717, 1.165) is 62.0 Å². The summed E-state index contributed by atoms with van der Waals surface area (Å²) in [5, 5.41) is 13.1. The molecule has 4 aliphatic rings. The molecule has 14 nitrogen and oxygen atoms in total. The minimum atomic E-state index is -5.58. The third kappa shape index (κ3) is 10.4. The van der Waals surface area contributed by atoms with E-state index in [1.54, 1.807) is 9.80 Å². The maximum absolute atomic E-state index is 16.3. The van der Waals surface area contributed by atoms with Gasteiger partial charge in [-0.15, -0.1) is 11.3 Å². The van der Waals surface area contributed by atoms with Crippen molar-refractivity contribution < 1.29 is 55.8 Å². The van der Waals surface area contributed by atoms with Gasteiger partial charge in [0, 0.05) is 29.4 Å². The van der Waals surface area contributed by atoms with Crippen LogP contribution in [0.25, 0.3) is 10.1 Å². The molecule has 3 aliphatic heterocycles. The Labute approximate surface area is 365 Å². The fraction of sp³-hybridized carbons (Fsp3) is 0.682. The van der Waals surface area contributed by atoms with Crippen molar-refractivity contribution in [2.45, 2.75) is 136 Å². The number of likely N-dealkylation sites (tertiary alicyclic amines) is 1. The number of amides is 3. The molecule has 1 aliphatic carbocycles. The van der Waals surface area contributed by atoms with Crippen molar-refractivity contribution in [3.05, 3.63) is 34.7 Å². The summed E-state index contributed by atoms with van der Waals surface area (Å²) in [4.78, 5) is 70.6. The number of nitrogens with zero attached hydrogens (tertiary/aromatic N) is 3. The average molecular weight is 905 g/mol. The lowest BCUT2D eigenvalue weighted by Crippen LogP contribution is -2.56. The number of rotatable bonds is 12. The molecule has 0 unspecified atom stereocenters. The van der Waals surface area contributed by atoms with Gasteiger partial charge in [-0.1, -0.05) is 51.0 Å². The van der Waals surface area contributed by atoms with Crippen LogP contribution in [0.1, 0.15) is 127 Å². The van der Waals surface area contributed by atoms with Gasteiger partial charge in [-0.05, 0) is 103 Å². The van der Waals surface area contributed by atoms with Crippen LogP contribution in [0.15, 0.2) is 24.3 Å². The van der Waals surface area contributed by atoms with Crippen molar-refractivity contribution in [2.24, 2.45) is 28.6 Å². The molecule has 62 heavy (non-hydrogen) atoms. The molecule has 0 radical (unpaired) electrons. The normalized spacial score (nSPS) is 24.2. The van der Waals surface area contributed by atoms with Crippen molar-refractivity contribution in [3.63, 3.8) is 0 Å². The number of hydrogen-bond donors (Lipinski definition) is 1. The first kappa shape index (κ1) is 47.5. The molecule has 4 fully saturated rings. The molecule has 3 saturated heterocycles. The van der Waals surface area contributed by atoms with Gasteiger partial charge in [0.1, 0.15) is 12.1 Å². The van der Waals surface area contributed by atoms with Gasteiger partial charge in [-0.3, -0.25) is 37.6 Å². The number of carbonyl (C=O) groups is 5. The molecule has 6 rings (SSSR count). The Morgan fingerprint density at radius 1 is 0.855 bits per heavy atom. The number of alkyl halides is 2. The Hall–Kier alpha value is -3.97. The predicted octanol–water partition coefficient (Wildman–Crippen LogP) is 8.48. The topological polar surface area (TPSA) is 182 Å². The van der Waals surface area contributed by atoms with Gasteiger partial charge in [-0.2, -0.15) is 14.0 Å². The number of halogens is 2. The summed E-state index contributed by atoms with van der Waals surface area (Å²) in [5.41, 5.74) is -7.22. The van der Waals surface area contributed by atoms with Gasteiger partial charge in [-0.25, -0.2) is 0 Å². The molecular weight excluding hydrogens is 846 g/mol. The van der Waals surface area contributed by atoms with Gasteiger partial charge in [0.15, 0.2) is 0 Å². The number of thiophene rings is 1. The van der Waals surface area contributed by atoms with Crippen molar-refractivity contribution in [2.75, 3.05) is 26.7 Å². The fourth-order valence-corrected chi connectivity index (χ4v) is 11.1. The highest BCUT2D eigenvalue weighted by atomic mass is 32.1. The lowest BCUT2D eigenvalue weighted by molar-refractivity contribution is -0.163. The Kier molecular flexibility index (Phi) is 14.6. The highest BCUT2D eigenvalue weighted by Gasteiger charge is 2.56. The van der Waals surface area contributed by atoms with E-state index in [9.17, 15) is 33.8 Å². The number of hydrogen-bond acceptors (Lipinski definition) is 12. The van der Waals surface area contributed by atoms with Gasteiger partial charge >= 0.3 is 25.2 Å². The van der Waals surface area contributed by atoms with E-state index in [-0.39, 0.29) is 40.0 Å². The van der Waals surface area contributed by atoms with Crippen LogP contribution in [0.5, 0.6) is 0 Å².